The highest BCUT2D eigenvalue weighted by Gasteiger charge is 2.19. The van der Waals surface area contributed by atoms with Crippen molar-refractivity contribution in [3.05, 3.63) is 11.4 Å². The van der Waals surface area contributed by atoms with Gasteiger partial charge in [0.2, 0.25) is 0 Å². The average molecular weight is 159 g/mol. The zero-order chi connectivity index (χ0) is 8.36. The first-order valence-corrected chi connectivity index (χ1v) is 6.97. The lowest BCUT2D eigenvalue weighted by Gasteiger charge is -2.12. The lowest BCUT2D eigenvalue weighted by Crippen LogP contribution is -1.89. The summed E-state index contributed by atoms with van der Waals surface area (Å²) in [5.41, 5.74) is 0. The zero-order valence-electron chi connectivity index (χ0n) is 8.10. The summed E-state index contributed by atoms with van der Waals surface area (Å²) < 4.78 is 0. The number of rotatable bonds is 2. The zero-order valence-corrected chi connectivity index (χ0v) is 9.00. The molecular formula is C9H20P+. The van der Waals surface area contributed by atoms with Crippen LogP contribution in [-0.4, -0.2) is 20.0 Å². The Kier molecular flexibility index (Phi) is 3.59. The van der Waals surface area contributed by atoms with Gasteiger partial charge in [0.25, 0.3) is 0 Å². The molecule has 0 nitrogen and oxygen atoms in total. The molecule has 0 spiro atoms. The molecule has 1 heteroatoms. The Balaban J connectivity index is 4.20. The van der Waals surface area contributed by atoms with Crippen LogP contribution in [0.3, 0.4) is 0 Å². The third-order valence-electron chi connectivity index (χ3n) is 1.63. The molecule has 0 aliphatic carbocycles. The first-order chi connectivity index (χ1) is 4.34. The van der Waals surface area contributed by atoms with E-state index in [1.807, 2.05) is 0 Å². The lowest BCUT2D eigenvalue weighted by molar-refractivity contribution is 0.827. The van der Waals surface area contributed by atoms with E-state index < -0.39 is 7.26 Å². The van der Waals surface area contributed by atoms with Crippen LogP contribution in [0, 0.1) is 5.92 Å². The molecule has 0 aliphatic rings. The fraction of sp³-hybridized carbons (Fsp3) is 0.778. The van der Waals surface area contributed by atoms with E-state index in [4.69, 9.17) is 0 Å². The molecule has 0 heterocycles. The highest BCUT2D eigenvalue weighted by Crippen LogP contribution is 2.55. The van der Waals surface area contributed by atoms with Crippen LogP contribution in [0.1, 0.15) is 20.8 Å². The van der Waals surface area contributed by atoms with E-state index in [9.17, 15) is 0 Å². The number of hydrogen-bond acceptors (Lipinski definition) is 0. The van der Waals surface area contributed by atoms with Crippen LogP contribution in [-0.2, 0) is 0 Å². The summed E-state index contributed by atoms with van der Waals surface area (Å²) in [6.07, 6.45) is 2.38. The maximum absolute atomic E-state index is 2.38. The van der Waals surface area contributed by atoms with Gasteiger partial charge in [-0.15, -0.1) is 0 Å². The Morgan fingerprint density at radius 2 is 1.60 bits per heavy atom. The summed E-state index contributed by atoms with van der Waals surface area (Å²) in [7, 11) is -0.700. The molecule has 0 N–H and O–H groups in total. The van der Waals surface area contributed by atoms with Crippen molar-refractivity contribution in [3.8, 4) is 0 Å². The van der Waals surface area contributed by atoms with Gasteiger partial charge in [-0.05, 0) is 18.9 Å². The van der Waals surface area contributed by atoms with Crippen molar-refractivity contribution in [2.45, 2.75) is 20.8 Å². The van der Waals surface area contributed by atoms with Crippen molar-refractivity contribution in [2.75, 3.05) is 20.0 Å². The van der Waals surface area contributed by atoms with Crippen LogP contribution in [0.4, 0.5) is 0 Å². The molecule has 0 bridgehead atoms. The molecule has 0 amide bonds. The van der Waals surface area contributed by atoms with Crippen LogP contribution < -0.4 is 0 Å². The Labute approximate surface area is 66.1 Å². The minimum Gasteiger partial charge on any atom is -0.0591 e. The van der Waals surface area contributed by atoms with Gasteiger partial charge >= 0.3 is 0 Å². The molecule has 0 unspecified atom stereocenters. The van der Waals surface area contributed by atoms with Crippen molar-refractivity contribution < 1.29 is 0 Å². The number of allylic oxidation sites excluding steroid dienone is 2. The van der Waals surface area contributed by atoms with Gasteiger partial charge in [0, 0.05) is 7.26 Å². The quantitative estimate of drug-likeness (QED) is 0.541. The molecule has 0 aliphatic heterocycles. The van der Waals surface area contributed by atoms with Crippen LogP contribution in [0.2, 0.25) is 0 Å². The molecule has 0 saturated carbocycles. The summed E-state index contributed by atoms with van der Waals surface area (Å²) in [6.45, 7) is 13.8. The van der Waals surface area contributed by atoms with Crippen molar-refractivity contribution in [1.82, 2.24) is 0 Å². The van der Waals surface area contributed by atoms with Crippen LogP contribution in [0.25, 0.3) is 0 Å². The third-order valence-corrected chi connectivity index (χ3v) is 3.90. The topological polar surface area (TPSA) is 0 Å². The SMILES string of the molecule is C/C(=C/C(C)C)[P+](C)(C)C. The molecular weight excluding hydrogens is 139 g/mol. The van der Waals surface area contributed by atoms with Crippen LogP contribution in [0.5, 0.6) is 0 Å². The highest BCUT2D eigenvalue weighted by atomic mass is 31.2. The molecule has 0 aromatic heterocycles. The van der Waals surface area contributed by atoms with Crippen LogP contribution >= 0.6 is 7.26 Å². The Morgan fingerprint density at radius 1 is 1.20 bits per heavy atom. The maximum atomic E-state index is 2.38. The van der Waals surface area contributed by atoms with E-state index in [2.05, 4.69) is 46.8 Å². The second kappa shape index (κ2) is 3.53. The lowest BCUT2D eigenvalue weighted by atomic mass is 10.2. The molecule has 0 radical (unpaired) electrons. The molecule has 60 valence electrons. The van der Waals surface area contributed by atoms with E-state index in [0.29, 0.717) is 5.92 Å². The second-order valence-corrected chi connectivity index (χ2v) is 8.79. The monoisotopic (exact) mass is 159 g/mol. The van der Waals surface area contributed by atoms with Crippen molar-refractivity contribution in [2.24, 2.45) is 5.92 Å². The highest BCUT2D eigenvalue weighted by molar-refractivity contribution is 7.77. The van der Waals surface area contributed by atoms with Crippen molar-refractivity contribution >= 4 is 7.26 Å². The van der Waals surface area contributed by atoms with E-state index in [0.717, 1.165) is 0 Å². The molecule has 0 rings (SSSR count). The normalized spacial score (nSPS) is 14.5. The Hall–Kier alpha value is 0.170. The fourth-order valence-electron chi connectivity index (χ4n) is 0.706. The fourth-order valence-corrected chi connectivity index (χ4v) is 1.45. The van der Waals surface area contributed by atoms with E-state index in [1.54, 1.807) is 5.31 Å². The molecule has 0 atom stereocenters. The minimum atomic E-state index is -0.700. The van der Waals surface area contributed by atoms with Gasteiger partial charge in [-0.1, -0.05) is 13.8 Å². The standard InChI is InChI=1S/C9H20P/c1-8(2)7-9(3)10(4,5)6/h7-8H,1-6H3/q+1/b9-7-. The molecule has 0 aromatic carbocycles. The predicted octanol–water partition coefficient (Wildman–Crippen LogP) is 3.45. The smallest absolute Gasteiger partial charge is 0.0591 e. The van der Waals surface area contributed by atoms with Gasteiger partial charge in [0.15, 0.2) is 0 Å². The van der Waals surface area contributed by atoms with E-state index in [1.165, 1.54) is 0 Å². The van der Waals surface area contributed by atoms with Gasteiger partial charge in [0.1, 0.15) is 0 Å². The Bertz CT molecular complexity index is 126. The van der Waals surface area contributed by atoms with E-state index >= 15 is 0 Å². The van der Waals surface area contributed by atoms with Gasteiger partial charge in [-0.25, -0.2) is 0 Å². The summed E-state index contributed by atoms with van der Waals surface area (Å²) in [4.78, 5) is 0. The van der Waals surface area contributed by atoms with Gasteiger partial charge in [-0.2, -0.15) is 0 Å². The average Bonchev–Trinajstić information content (AvgIpc) is 1.60. The summed E-state index contributed by atoms with van der Waals surface area (Å²) in [6, 6.07) is 0. The van der Waals surface area contributed by atoms with Crippen LogP contribution in [0.15, 0.2) is 11.4 Å². The minimum absolute atomic E-state index is 0.700. The second-order valence-electron chi connectivity index (χ2n) is 4.06. The van der Waals surface area contributed by atoms with Gasteiger partial charge in [0.05, 0.1) is 25.3 Å². The molecule has 10 heavy (non-hydrogen) atoms. The first kappa shape index (κ1) is 10.2. The molecule has 0 saturated heterocycles. The first-order valence-electron chi connectivity index (χ1n) is 3.84. The summed E-state index contributed by atoms with van der Waals surface area (Å²) in [5, 5.41) is 1.60. The van der Waals surface area contributed by atoms with E-state index in [-0.39, 0.29) is 0 Å². The molecule has 0 fully saturated rings. The maximum Gasteiger partial charge on any atom is 0.0639 e. The number of hydrogen-bond donors (Lipinski definition) is 0. The summed E-state index contributed by atoms with van der Waals surface area (Å²) >= 11 is 0. The van der Waals surface area contributed by atoms with Gasteiger partial charge < -0.3 is 0 Å². The molecule has 0 aromatic rings. The predicted molar refractivity (Wildman–Crippen MR) is 53.3 cm³/mol. The van der Waals surface area contributed by atoms with Crippen molar-refractivity contribution in [3.63, 3.8) is 0 Å². The largest absolute Gasteiger partial charge is 0.0639 e. The third kappa shape index (κ3) is 4.06. The summed E-state index contributed by atoms with van der Waals surface area (Å²) in [5.74, 6) is 0.708. The Morgan fingerprint density at radius 3 is 1.70 bits per heavy atom. The van der Waals surface area contributed by atoms with Gasteiger partial charge in [-0.3, -0.25) is 0 Å². The van der Waals surface area contributed by atoms with Crippen molar-refractivity contribution in [1.29, 1.82) is 0 Å².